The largest absolute Gasteiger partial charge is 0.461 e. The van der Waals surface area contributed by atoms with Crippen LogP contribution in [0.3, 0.4) is 0 Å². The van der Waals surface area contributed by atoms with Gasteiger partial charge in [-0.2, -0.15) is 0 Å². The van der Waals surface area contributed by atoms with Gasteiger partial charge in [-0.25, -0.2) is 0 Å². The molecule has 0 saturated carbocycles. The van der Waals surface area contributed by atoms with Gasteiger partial charge in [0.2, 0.25) is 0 Å². The van der Waals surface area contributed by atoms with Crippen molar-refractivity contribution >= 4 is 29.2 Å². The second-order valence-corrected chi connectivity index (χ2v) is 4.31. The fourth-order valence-electron chi connectivity index (χ4n) is 1.23. The zero-order chi connectivity index (χ0) is 14.1. The second-order valence-electron chi connectivity index (χ2n) is 3.49. The number of carbonyl (C=O) groups excluding carboxylic acids is 1. The molecule has 0 bridgehead atoms. The van der Waals surface area contributed by atoms with Gasteiger partial charge in [-0.1, -0.05) is 46.5 Å². The molecule has 1 rings (SSSR count). The highest BCUT2D eigenvalue weighted by Crippen LogP contribution is 2.22. The van der Waals surface area contributed by atoms with Gasteiger partial charge in [0.1, 0.15) is 6.61 Å². The summed E-state index contributed by atoms with van der Waals surface area (Å²) in [6.45, 7) is 0.377. The zero-order valence-electron chi connectivity index (χ0n) is 9.92. The molecule has 0 saturated heterocycles. The van der Waals surface area contributed by atoms with E-state index in [1.54, 1.807) is 30.4 Å². The van der Waals surface area contributed by atoms with Crippen LogP contribution in [0.5, 0.6) is 0 Å². The number of azide groups is 1. The van der Waals surface area contributed by atoms with E-state index in [4.69, 9.17) is 33.5 Å². The Hall–Kier alpha value is -1.68. The lowest BCUT2D eigenvalue weighted by Crippen LogP contribution is -2.08. The highest BCUT2D eigenvalue weighted by Gasteiger charge is 2.06. The number of esters is 1. The minimum absolute atomic E-state index is 0.126. The number of hydrogen-bond donors (Lipinski definition) is 0. The first-order valence-corrected chi connectivity index (χ1v) is 6.14. The van der Waals surface area contributed by atoms with Crippen molar-refractivity contribution in [1.82, 2.24) is 0 Å². The minimum atomic E-state index is -0.369. The maximum absolute atomic E-state index is 11.5. The van der Waals surface area contributed by atoms with E-state index in [0.29, 0.717) is 10.0 Å². The molecule has 0 spiro atoms. The highest BCUT2D eigenvalue weighted by molar-refractivity contribution is 6.42. The van der Waals surface area contributed by atoms with Gasteiger partial charge in [-0.05, 0) is 23.2 Å². The van der Waals surface area contributed by atoms with Gasteiger partial charge in [-0.3, -0.25) is 4.79 Å². The minimum Gasteiger partial charge on any atom is -0.461 e. The number of benzene rings is 1. The summed E-state index contributed by atoms with van der Waals surface area (Å²) in [6.07, 6.45) is 3.36. The predicted molar refractivity (Wildman–Crippen MR) is 74.3 cm³/mol. The van der Waals surface area contributed by atoms with Crippen LogP contribution < -0.4 is 0 Å². The molecule has 0 atom stereocenters. The van der Waals surface area contributed by atoms with Crippen LogP contribution in [0.2, 0.25) is 10.0 Å². The Morgan fingerprint density at radius 1 is 1.37 bits per heavy atom. The van der Waals surface area contributed by atoms with Crippen LogP contribution in [0.25, 0.3) is 10.4 Å². The molecule has 0 N–H and O–H groups in total. The average Bonchev–Trinajstić information content (AvgIpc) is 2.38. The van der Waals surface area contributed by atoms with E-state index >= 15 is 0 Å². The Morgan fingerprint density at radius 3 is 2.84 bits per heavy atom. The first-order chi connectivity index (χ1) is 9.13. The Labute approximate surface area is 120 Å². The van der Waals surface area contributed by atoms with Crippen LogP contribution in [0.15, 0.2) is 35.5 Å². The van der Waals surface area contributed by atoms with Crippen molar-refractivity contribution in [2.75, 3.05) is 13.2 Å². The van der Waals surface area contributed by atoms with E-state index in [9.17, 15) is 4.79 Å². The van der Waals surface area contributed by atoms with Crippen LogP contribution in [-0.2, 0) is 16.0 Å². The lowest BCUT2D eigenvalue weighted by molar-refractivity contribution is -0.141. The third kappa shape index (κ3) is 6.15. The third-order valence-corrected chi connectivity index (χ3v) is 2.83. The van der Waals surface area contributed by atoms with Crippen molar-refractivity contribution in [1.29, 1.82) is 0 Å². The fraction of sp³-hybridized carbons (Fsp3) is 0.250. The van der Waals surface area contributed by atoms with Crippen molar-refractivity contribution in [3.8, 4) is 0 Å². The maximum atomic E-state index is 11.5. The van der Waals surface area contributed by atoms with Crippen LogP contribution in [0.4, 0.5) is 0 Å². The molecular formula is C12H11Cl2N3O2. The summed E-state index contributed by atoms with van der Waals surface area (Å²) in [4.78, 5) is 14.1. The summed E-state index contributed by atoms with van der Waals surface area (Å²) in [5.74, 6) is -0.369. The lowest BCUT2D eigenvalue weighted by atomic mass is 10.1. The van der Waals surface area contributed by atoms with Crippen molar-refractivity contribution in [3.05, 3.63) is 56.4 Å². The third-order valence-electron chi connectivity index (χ3n) is 2.09. The monoisotopic (exact) mass is 299 g/mol. The van der Waals surface area contributed by atoms with Gasteiger partial charge >= 0.3 is 5.97 Å². The number of halogens is 2. The lowest BCUT2D eigenvalue weighted by Gasteiger charge is -2.03. The molecule has 0 aliphatic heterocycles. The normalized spacial score (nSPS) is 10.2. The van der Waals surface area contributed by atoms with E-state index < -0.39 is 0 Å². The molecule has 5 nitrogen and oxygen atoms in total. The number of rotatable bonds is 6. The van der Waals surface area contributed by atoms with E-state index in [2.05, 4.69) is 10.0 Å². The summed E-state index contributed by atoms with van der Waals surface area (Å²) in [7, 11) is 0. The molecule has 19 heavy (non-hydrogen) atoms. The van der Waals surface area contributed by atoms with E-state index in [1.807, 2.05) is 0 Å². The molecule has 0 aromatic heterocycles. The zero-order valence-corrected chi connectivity index (χ0v) is 11.4. The summed E-state index contributed by atoms with van der Waals surface area (Å²) >= 11 is 11.6. The molecule has 7 heteroatoms. The Bertz CT molecular complexity index is 526. The second kappa shape index (κ2) is 8.43. The van der Waals surface area contributed by atoms with Crippen molar-refractivity contribution in [2.45, 2.75) is 6.42 Å². The van der Waals surface area contributed by atoms with Crippen LogP contribution >= 0.6 is 23.2 Å². The van der Waals surface area contributed by atoms with Gasteiger partial charge < -0.3 is 4.74 Å². The molecule has 0 radical (unpaired) electrons. The number of hydrogen-bond acceptors (Lipinski definition) is 3. The SMILES string of the molecule is [N-]=[N+]=NC/C=C/COC(=O)Cc1ccc(Cl)c(Cl)c1. The van der Waals surface area contributed by atoms with Crippen LogP contribution in [0, 0.1) is 0 Å². The molecule has 100 valence electrons. The molecular weight excluding hydrogens is 289 g/mol. The van der Waals surface area contributed by atoms with Gasteiger partial charge in [0.05, 0.1) is 16.5 Å². The smallest absolute Gasteiger partial charge is 0.310 e. The van der Waals surface area contributed by atoms with Crippen molar-refractivity contribution in [3.63, 3.8) is 0 Å². The first kappa shape index (κ1) is 15.4. The van der Waals surface area contributed by atoms with Gasteiger partial charge in [0.25, 0.3) is 0 Å². The molecule has 0 aliphatic carbocycles. The predicted octanol–water partition coefficient (Wildman–Crippen LogP) is 3.95. The molecule has 1 aromatic carbocycles. The molecule has 0 heterocycles. The standard InChI is InChI=1S/C12H11Cl2N3O2/c13-10-4-3-9(7-11(10)14)8-12(18)19-6-2-1-5-16-17-15/h1-4,7H,5-6,8H2/b2-1+. The van der Waals surface area contributed by atoms with Gasteiger partial charge in [-0.15, -0.1) is 0 Å². The van der Waals surface area contributed by atoms with Crippen LogP contribution in [0.1, 0.15) is 5.56 Å². The van der Waals surface area contributed by atoms with E-state index in [1.165, 1.54) is 0 Å². The van der Waals surface area contributed by atoms with Crippen molar-refractivity contribution < 1.29 is 9.53 Å². The molecule has 0 aliphatic rings. The van der Waals surface area contributed by atoms with E-state index in [-0.39, 0.29) is 25.5 Å². The van der Waals surface area contributed by atoms with E-state index in [0.717, 1.165) is 5.56 Å². The summed E-state index contributed by atoms with van der Waals surface area (Å²) in [5, 5.41) is 4.15. The average molecular weight is 300 g/mol. The highest BCUT2D eigenvalue weighted by atomic mass is 35.5. The summed E-state index contributed by atoms with van der Waals surface area (Å²) in [6, 6.07) is 4.97. The van der Waals surface area contributed by atoms with Crippen molar-refractivity contribution in [2.24, 2.45) is 5.11 Å². The first-order valence-electron chi connectivity index (χ1n) is 5.39. The summed E-state index contributed by atoms with van der Waals surface area (Å²) < 4.78 is 4.96. The maximum Gasteiger partial charge on any atom is 0.310 e. The fourth-order valence-corrected chi connectivity index (χ4v) is 1.56. The molecule has 0 fully saturated rings. The topological polar surface area (TPSA) is 75.1 Å². The van der Waals surface area contributed by atoms with Gasteiger partial charge in [0, 0.05) is 11.5 Å². The molecule has 0 unspecified atom stereocenters. The Kier molecular flexibility index (Phi) is 6.82. The number of nitrogens with zero attached hydrogens (tertiary/aromatic N) is 3. The van der Waals surface area contributed by atoms with Crippen LogP contribution in [-0.4, -0.2) is 19.1 Å². The number of carbonyl (C=O) groups is 1. The molecule has 0 amide bonds. The molecule has 1 aromatic rings. The Balaban J connectivity index is 2.36. The quantitative estimate of drug-likeness (QED) is 0.262. The summed E-state index contributed by atoms with van der Waals surface area (Å²) in [5.41, 5.74) is 8.77. The Morgan fingerprint density at radius 2 is 2.16 bits per heavy atom. The van der Waals surface area contributed by atoms with Gasteiger partial charge in [0.15, 0.2) is 0 Å². The number of ether oxygens (including phenoxy) is 1.